The minimum atomic E-state index is -5.08. The minimum Gasteiger partial charge on any atom is -0.493 e. The lowest BCUT2D eigenvalue weighted by Crippen LogP contribution is -2.21. The summed E-state index contributed by atoms with van der Waals surface area (Å²) in [5.74, 6) is -3.19. The van der Waals surface area contributed by atoms with Gasteiger partial charge in [-0.2, -0.15) is 39.5 Å². The molecule has 0 aliphatic heterocycles. The summed E-state index contributed by atoms with van der Waals surface area (Å²) in [7, 11) is 0. The Morgan fingerprint density at radius 1 is 0.729 bits per heavy atom. The van der Waals surface area contributed by atoms with Gasteiger partial charge in [0.05, 0.1) is 23.7 Å². The first-order valence-electron chi connectivity index (χ1n) is 14.0. The van der Waals surface area contributed by atoms with E-state index in [4.69, 9.17) is 34.7 Å². The highest BCUT2D eigenvalue weighted by Gasteiger charge is 2.38. The van der Waals surface area contributed by atoms with Crippen LogP contribution in [-0.4, -0.2) is 45.7 Å². The zero-order chi connectivity index (χ0) is 37.6. The van der Waals surface area contributed by atoms with E-state index in [0.717, 1.165) is 63.1 Å². The van der Waals surface area contributed by atoms with Crippen LogP contribution >= 0.6 is 0 Å². The van der Waals surface area contributed by atoms with Crippen LogP contribution in [0.15, 0.2) is 42.5 Å². The van der Waals surface area contributed by atoms with Crippen LogP contribution in [0.5, 0.6) is 11.5 Å². The van der Waals surface area contributed by atoms with Crippen molar-refractivity contribution in [1.29, 1.82) is 0 Å². The third kappa shape index (κ3) is 22.1. The van der Waals surface area contributed by atoms with Crippen LogP contribution in [0.25, 0.3) is 0 Å². The van der Waals surface area contributed by atoms with Gasteiger partial charge in [-0.05, 0) is 31.0 Å². The molecule has 0 bridgehead atoms. The third-order valence-electron chi connectivity index (χ3n) is 5.43. The van der Waals surface area contributed by atoms with Crippen LogP contribution in [0.3, 0.4) is 0 Å². The summed E-state index contributed by atoms with van der Waals surface area (Å²) in [5, 5.41) is 31.3. The molecule has 0 aromatic heterocycles. The number of rotatable bonds is 13. The van der Waals surface area contributed by atoms with Gasteiger partial charge >= 0.3 is 25.9 Å². The summed E-state index contributed by atoms with van der Waals surface area (Å²) in [4.78, 5) is 26.9. The maximum atomic E-state index is 12.8. The molecule has 0 radical (unpaired) electrons. The molecule has 2 rings (SSSR count). The molecule has 0 spiro atoms. The highest BCUT2D eigenvalue weighted by molar-refractivity contribution is 5.73. The fourth-order valence-corrected chi connectivity index (χ4v) is 3.23. The smallest absolute Gasteiger partial charge is 0.493 e. The molecule has 0 aliphatic carbocycles. The van der Waals surface area contributed by atoms with E-state index in [1.165, 1.54) is 12.1 Å². The Bertz CT molecular complexity index is 1240. The number of carboxylic acid groups (broad SMARTS) is 1. The summed E-state index contributed by atoms with van der Waals surface area (Å²) in [6.45, 7) is 4.62. The zero-order valence-electron chi connectivity index (χ0n) is 26.7. The minimum absolute atomic E-state index is 0. The highest BCUT2D eigenvalue weighted by Crippen LogP contribution is 2.38. The molecule has 0 atom stereocenters. The number of hydrogen-bond donors (Lipinski definition) is 2. The summed E-state index contributed by atoms with van der Waals surface area (Å²) in [5.41, 5.74) is -2.41. The molecule has 274 valence electrons. The van der Waals surface area contributed by atoms with Crippen molar-refractivity contribution < 1.29 is 75.5 Å². The largest absolute Gasteiger partial charge is 1.00 e. The number of ether oxygens (including phenoxy) is 2. The van der Waals surface area contributed by atoms with Gasteiger partial charge in [-0.3, -0.25) is 10.1 Å². The Hall–Kier alpha value is -4.52. The molecule has 2 aromatic rings. The van der Waals surface area contributed by atoms with Crippen LogP contribution < -0.4 is 9.47 Å². The molecule has 2 N–H and O–H groups in total. The van der Waals surface area contributed by atoms with Crippen LogP contribution in [0.4, 0.5) is 45.2 Å². The van der Waals surface area contributed by atoms with Crippen molar-refractivity contribution in [2.45, 2.75) is 83.7 Å². The lowest BCUT2D eigenvalue weighted by atomic mass is 10.1. The van der Waals surface area contributed by atoms with Gasteiger partial charge in [0.25, 0.3) is 10.8 Å². The molecular weight excluding hydrogens is 679 g/mol. The summed E-state index contributed by atoms with van der Waals surface area (Å²) < 4.78 is 118. The predicted octanol–water partition coefficient (Wildman–Crippen LogP) is 9.64. The number of halogens is 9. The molecule has 0 amide bonds. The quantitative estimate of drug-likeness (QED) is 0.0890. The summed E-state index contributed by atoms with van der Waals surface area (Å²) in [6.07, 6.45) is -6.59. The van der Waals surface area contributed by atoms with Crippen molar-refractivity contribution in [3.05, 3.63) is 73.8 Å². The highest BCUT2D eigenvalue weighted by atomic mass is 19.4. The lowest BCUT2D eigenvalue weighted by molar-refractivity contribution is -0.742. The van der Waals surface area contributed by atoms with Gasteiger partial charge in [-0.1, -0.05) is 64.5 Å². The number of benzene rings is 2. The van der Waals surface area contributed by atoms with Crippen LogP contribution in [-0.2, 0) is 17.1 Å². The van der Waals surface area contributed by atoms with Crippen LogP contribution in [0, 0.1) is 20.2 Å². The fraction of sp³-hybridized carbons (Fsp3) is 0.536. The fourth-order valence-electron chi connectivity index (χ4n) is 3.23. The van der Waals surface area contributed by atoms with E-state index >= 15 is 0 Å². The average molecular weight is 716 g/mol. The first-order chi connectivity index (χ1) is 22.1. The molecule has 11 nitrogen and oxygen atoms in total. The van der Waals surface area contributed by atoms with Crippen LogP contribution in [0.1, 0.15) is 77.8 Å². The number of alkyl halides is 9. The van der Waals surface area contributed by atoms with Gasteiger partial charge in [0.15, 0.2) is 0 Å². The van der Waals surface area contributed by atoms with Crippen molar-refractivity contribution in [2.24, 2.45) is 0 Å². The molecule has 48 heavy (non-hydrogen) atoms. The first kappa shape index (κ1) is 45.6. The third-order valence-corrected chi connectivity index (χ3v) is 5.43. The number of aliphatic carboxylic acids is 1. The van der Waals surface area contributed by atoms with Crippen molar-refractivity contribution in [3.63, 3.8) is 0 Å². The van der Waals surface area contributed by atoms with E-state index in [1.54, 1.807) is 6.07 Å². The number of nitrogens with zero attached hydrogens (tertiary/aromatic N) is 2. The number of carboxylic acids is 1. The zero-order valence-corrected chi connectivity index (χ0v) is 25.7. The van der Waals surface area contributed by atoms with Crippen LogP contribution in [0.2, 0.25) is 0 Å². The number of hydrogen-bond acceptors (Lipinski definition) is 7. The number of carbonyl (C=O) groups is 1. The second-order valence-electron chi connectivity index (χ2n) is 9.29. The second-order valence-corrected chi connectivity index (χ2v) is 9.29. The Labute approximate surface area is 270 Å². The van der Waals surface area contributed by atoms with E-state index in [9.17, 15) is 49.6 Å². The molecule has 0 saturated heterocycles. The van der Waals surface area contributed by atoms with Gasteiger partial charge in [0, 0.05) is 12.1 Å². The monoisotopic (exact) mass is 715 g/mol. The topological polar surface area (TPSA) is 162 Å². The Morgan fingerprint density at radius 2 is 1.12 bits per heavy atom. The normalized spacial score (nSPS) is 11.0. The summed E-state index contributed by atoms with van der Waals surface area (Å²) in [6, 6.07) is 7.84. The van der Waals surface area contributed by atoms with E-state index in [2.05, 4.69) is 6.92 Å². The molecule has 0 aliphatic rings. The van der Waals surface area contributed by atoms with Gasteiger partial charge in [-0.15, -0.1) is 10.1 Å². The van der Waals surface area contributed by atoms with E-state index in [-0.39, 0.29) is 19.5 Å². The molecule has 0 heterocycles. The number of nitro benzene ring substituents is 1. The molecule has 0 fully saturated rings. The summed E-state index contributed by atoms with van der Waals surface area (Å²) >= 11 is 0. The van der Waals surface area contributed by atoms with Crippen molar-refractivity contribution in [3.8, 4) is 11.5 Å². The van der Waals surface area contributed by atoms with Gasteiger partial charge in [-0.25, -0.2) is 4.79 Å². The molecule has 20 heteroatoms. The number of non-ortho nitro benzene ring substituents is 1. The Kier molecular flexibility index (Phi) is 21.8. The second kappa shape index (κ2) is 22.9. The molecule has 0 saturated carbocycles. The maximum Gasteiger partial charge on any atom is 1.00 e. The van der Waals surface area contributed by atoms with Gasteiger partial charge in [0.1, 0.15) is 17.1 Å². The van der Waals surface area contributed by atoms with E-state index in [0.29, 0.717) is 19.1 Å². The first-order valence-corrected chi connectivity index (χ1v) is 14.0. The molecular formula is C28H36F9N2O9+. The van der Waals surface area contributed by atoms with E-state index < -0.39 is 51.3 Å². The number of para-hydroxylation sites is 1. The number of unbranched alkanes of at least 4 members (excludes halogenated alkanes) is 6. The maximum absolute atomic E-state index is 12.8. The SMILES string of the molecule is CCCCCCOc1ccc([N+](=O)[O-])cc1C(F)(F)F.CCCCCCOc1ccccc1C(F)(F)F.O=C(O)C(F)(F)F.O=[N+]([O-])O.[H+]. The number of nitro groups is 1. The van der Waals surface area contributed by atoms with Crippen molar-refractivity contribution in [1.82, 2.24) is 0 Å². The lowest BCUT2D eigenvalue weighted by Gasteiger charge is -2.13. The Balaban J connectivity index is -0.000000658. The van der Waals surface area contributed by atoms with Gasteiger partial charge in [0.2, 0.25) is 0 Å². The van der Waals surface area contributed by atoms with Crippen molar-refractivity contribution in [2.75, 3.05) is 13.2 Å². The predicted molar refractivity (Wildman–Crippen MR) is 152 cm³/mol. The van der Waals surface area contributed by atoms with E-state index in [1.807, 2.05) is 6.92 Å². The standard InChI is InChI=1S/C13H16F3NO3.C13H17F3O.C2HF3O2.HNO3/c1-2-3-4-5-8-20-12-7-6-10(17(18)19)9-11(12)13(14,15)16;1-2-3-4-7-10-17-12-9-6-5-8-11(12)13(14,15)16;3-2(4,5)1(6)7;2-1(3)4/h6-7,9H,2-5,8H2,1H3;5-6,8-9H,2-4,7,10H2,1H3;(H,6,7);(H,2,3,4)/p+1. The van der Waals surface area contributed by atoms with Crippen molar-refractivity contribution >= 4 is 11.7 Å². The molecule has 2 aromatic carbocycles. The van der Waals surface area contributed by atoms with Gasteiger partial charge < -0.3 is 19.8 Å². The average Bonchev–Trinajstić information content (AvgIpc) is 2.96. The Morgan fingerprint density at radius 3 is 1.48 bits per heavy atom. The molecule has 0 unspecified atom stereocenters.